The quantitative estimate of drug-likeness (QED) is 0.495. The number of alkyl halides is 1. The number of hydrogen-bond donors (Lipinski definition) is 0. The van der Waals surface area contributed by atoms with Crippen LogP contribution in [-0.2, 0) is 9.53 Å². The number of nitrogens with zero attached hydrogens (tertiary/aromatic N) is 2. The summed E-state index contributed by atoms with van der Waals surface area (Å²) in [6.07, 6.45) is 3.68. The lowest BCUT2D eigenvalue weighted by Gasteiger charge is -2.42. The third-order valence-corrected chi connectivity index (χ3v) is 5.05. The third kappa shape index (κ3) is 4.47. The standard InChI is InChI=1S/C15H25IN2O3/c1-15(2,3)21-14(20)17-8-4-6-11(10-17)18-9-5-7-12(16)13(18)19/h11-12H,4-10H2,1-3H3/t11-,12?/m1/s1. The van der Waals surface area contributed by atoms with Crippen molar-refractivity contribution in [1.82, 2.24) is 9.80 Å². The normalized spacial score (nSPS) is 27.7. The third-order valence-electron chi connectivity index (χ3n) is 3.90. The zero-order valence-electron chi connectivity index (χ0n) is 13.1. The number of ether oxygens (including phenoxy) is 1. The Bertz CT molecular complexity index is 408. The summed E-state index contributed by atoms with van der Waals surface area (Å²) in [7, 11) is 0. The van der Waals surface area contributed by atoms with Crippen LogP contribution in [-0.4, -0.2) is 57.0 Å². The Morgan fingerprint density at radius 3 is 2.57 bits per heavy atom. The van der Waals surface area contributed by atoms with Crippen molar-refractivity contribution in [3.05, 3.63) is 0 Å². The van der Waals surface area contributed by atoms with Gasteiger partial charge in [0.15, 0.2) is 0 Å². The molecule has 0 N–H and O–H groups in total. The molecule has 2 fully saturated rings. The number of halogens is 1. The van der Waals surface area contributed by atoms with Crippen LogP contribution in [0.4, 0.5) is 4.79 Å². The van der Waals surface area contributed by atoms with Gasteiger partial charge >= 0.3 is 6.09 Å². The maximum absolute atomic E-state index is 12.3. The van der Waals surface area contributed by atoms with E-state index >= 15 is 0 Å². The van der Waals surface area contributed by atoms with E-state index in [2.05, 4.69) is 22.6 Å². The van der Waals surface area contributed by atoms with E-state index in [-0.39, 0.29) is 22.0 Å². The van der Waals surface area contributed by atoms with E-state index in [4.69, 9.17) is 4.74 Å². The molecule has 2 aliphatic heterocycles. The van der Waals surface area contributed by atoms with Gasteiger partial charge in [-0.2, -0.15) is 0 Å². The van der Waals surface area contributed by atoms with Crippen molar-refractivity contribution in [1.29, 1.82) is 0 Å². The van der Waals surface area contributed by atoms with Gasteiger partial charge in [-0.15, -0.1) is 0 Å². The first-order chi connectivity index (χ1) is 9.78. The summed E-state index contributed by atoms with van der Waals surface area (Å²) in [5, 5.41) is 0. The van der Waals surface area contributed by atoms with Crippen molar-refractivity contribution in [2.45, 2.75) is 62.0 Å². The highest BCUT2D eigenvalue weighted by molar-refractivity contribution is 14.1. The van der Waals surface area contributed by atoms with E-state index < -0.39 is 5.60 Å². The first kappa shape index (κ1) is 16.8. The first-order valence-electron chi connectivity index (χ1n) is 7.70. The molecule has 2 amide bonds. The topological polar surface area (TPSA) is 49.9 Å². The van der Waals surface area contributed by atoms with Crippen LogP contribution < -0.4 is 0 Å². The second-order valence-electron chi connectivity index (χ2n) is 6.86. The molecule has 0 aromatic rings. The minimum Gasteiger partial charge on any atom is -0.444 e. The average molecular weight is 408 g/mol. The van der Waals surface area contributed by atoms with Gasteiger partial charge in [-0.25, -0.2) is 4.79 Å². The van der Waals surface area contributed by atoms with Crippen molar-refractivity contribution in [2.75, 3.05) is 19.6 Å². The molecule has 0 aromatic carbocycles. The van der Waals surface area contributed by atoms with Crippen molar-refractivity contribution in [2.24, 2.45) is 0 Å². The van der Waals surface area contributed by atoms with Crippen LogP contribution in [0, 0.1) is 0 Å². The van der Waals surface area contributed by atoms with Gasteiger partial charge in [-0.05, 0) is 46.5 Å². The maximum atomic E-state index is 12.3. The van der Waals surface area contributed by atoms with Crippen LogP contribution in [0.1, 0.15) is 46.5 Å². The molecule has 2 aliphatic rings. The predicted octanol–water partition coefficient (Wildman–Crippen LogP) is 2.81. The molecule has 0 bridgehead atoms. The molecule has 2 atom stereocenters. The molecule has 120 valence electrons. The average Bonchev–Trinajstić information content (AvgIpc) is 2.40. The molecule has 21 heavy (non-hydrogen) atoms. The Morgan fingerprint density at radius 2 is 1.90 bits per heavy atom. The Hall–Kier alpha value is -0.530. The highest BCUT2D eigenvalue weighted by atomic mass is 127. The monoisotopic (exact) mass is 408 g/mol. The van der Waals surface area contributed by atoms with Crippen LogP contribution in [0.2, 0.25) is 0 Å². The number of amides is 2. The van der Waals surface area contributed by atoms with Crippen molar-refractivity contribution >= 4 is 34.6 Å². The second-order valence-corrected chi connectivity index (χ2v) is 8.37. The number of piperidine rings is 2. The highest BCUT2D eigenvalue weighted by Crippen LogP contribution is 2.25. The van der Waals surface area contributed by atoms with Gasteiger partial charge in [-0.1, -0.05) is 22.6 Å². The summed E-state index contributed by atoms with van der Waals surface area (Å²) in [6.45, 7) is 7.78. The summed E-state index contributed by atoms with van der Waals surface area (Å²) in [5.74, 6) is 0.234. The molecule has 1 unspecified atom stereocenters. The number of carbonyl (C=O) groups is 2. The van der Waals surface area contributed by atoms with Crippen LogP contribution in [0.3, 0.4) is 0 Å². The number of likely N-dealkylation sites (tertiary alicyclic amines) is 2. The highest BCUT2D eigenvalue weighted by Gasteiger charge is 2.35. The van der Waals surface area contributed by atoms with Crippen LogP contribution in [0.25, 0.3) is 0 Å². The minimum atomic E-state index is -0.474. The molecule has 2 heterocycles. The van der Waals surface area contributed by atoms with Crippen LogP contribution >= 0.6 is 22.6 Å². The van der Waals surface area contributed by atoms with Gasteiger partial charge < -0.3 is 14.5 Å². The van der Waals surface area contributed by atoms with Gasteiger partial charge in [-0.3, -0.25) is 4.79 Å². The van der Waals surface area contributed by atoms with Gasteiger partial charge in [0, 0.05) is 25.7 Å². The van der Waals surface area contributed by atoms with E-state index in [0.29, 0.717) is 6.54 Å². The molecular weight excluding hydrogens is 383 g/mol. The predicted molar refractivity (Wildman–Crippen MR) is 89.6 cm³/mol. The van der Waals surface area contributed by atoms with Crippen molar-refractivity contribution in [3.8, 4) is 0 Å². The van der Waals surface area contributed by atoms with E-state index in [9.17, 15) is 9.59 Å². The maximum Gasteiger partial charge on any atom is 0.410 e. The lowest BCUT2D eigenvalue weighted by Crippen LogP contribution is -2.55. The van der Waals surface area contributed by atoms with E-state index in [1.165, 1.54) is 0 Å². The van der Waals surface area contributed by atoms with Crippen LogP contribution in [0.5, 0.6) is 0 Å². The van der Waals surface area contributed by atoms with Gasteiger partial charge in [0.2, 0.25) is 5.91 Å². The van der Waals surface area contributed by atoms with E-state index in [1.807, 2.05) is 25.7 Å². The fraction of sp³-hybridized carbons (Fsp3) is 0.867. The summed E-state index contributed by atoms with van der Waals surface area (Å²) >= 11 is 2.23. The Morgan fingerprint density at radius 1 is 1.24 bits per heavy atom. The minimum absolute atomic E-state index is 0.0910. The van der Waals surface area contributed by atoms with Gasteiger partial charge in [0.1, 0.15) is 5.60 Å². The van der Waals surface area contributed by atoms with Crippen molar-refractivity contribution < 1.29 is 14.3 Å². The summed E-state index contributed by atoms with van der Waals surface area (Å²) in [5.41, 5.74) is -0.474. The first-order valence-corrected chi connectivity index (χ1v) is 8.95. The molecule has 0 radical (unpaired) electrons. The molecule has 0 aromatic heterocycles. The van der Waals surface area contributed by atoms with Crippen LogP contribution in [0.15, 0.2) is 0 Å². The smallest absolute Gasteiger partial charge is 0.410 e. The Labute approximate surface area is 140 Å². The molecule has 2 saturated heterocycles. The Kier molecular flexibility index (Phi) is 5.38. The van der Waals surface area contributed by atoms with Gasteiger partial charge in [0.25, 0.3) is 0 Å². The fourth-order valence-electron chi connectivity index (χ4n) is 2.92. The van der Waals surface area contributed by atoms with Crippen molar-refractivity contribution in [3.63, 3.8) is 0 Å². The lowest BCUT2D eigenvalue weighted by atomic mass is 10.0. The molecule has 0 saturated carbocycles. The van der Waals surface area contributed by atoms with E-state index in [1.54, 1.807) is 4.90 Å². The van der Waals surface area contributed by atoms with E-state index in [0.717, 1.165) is 38.8 Å². The molecule has 6 heteroatoms. The largest absolute Gasteiger partial charge is 0.444 e. The molecule has 2 rings (SSSR count). The number of hydrogen-bond acceptors (Lipinski definition) is 3. The SMILES string of the molecule is CC(C)(C)OC(=O)N1CCC[C@@H](N2CCCC(I)C2=O)C1. The fourth-order valence-corrected chi connectivity index (χ4v) is 3.72. The zero-order chi connectivity index (χ0) is 15.6. The summed E-state index contributed by atoms with van der Waals surface area (Å²) < 4.78 is 5.53. The van der Waals surface area contributed by atoms with Gasteiger partial charge in [0.05, 0.1) is 3.92 Å². The number of rotatable bonds is 1. The zero-order valence-corrected chi connectivity index (χ0v) is 15.3. The summed E-state index contributed by atoms with van der Waals surface area (Å²) in [6, 6.07) is 0.149. The number of carbonyl (C=O) groups excluding carboxylic acids is 2. The lowest BCUT2D eigenvalue weighted by molar-refractivity contribution is -0.135. The molecule has 0 aliphatic carbocycles. The molecule has 5 nitrogen and oxygen atoms in total. The Balaban J connectivity index is 1.97. The molecular formula is C15H25IN2O3. The summed E-state index contributed by atoms with van der Waals surface area (Å²) in [4.78, 5) is 28.2. The second kappa shape index (κ2) is 6.71. The molecule has 0 spiro atoms.